The zero-order valence-corrected chi connectivity index (χ0v) is 40.8. The number of hydrogen-bond donors (Lipinski definition) is 0. The minimum Gasteiger partial charge on any atom is -0.462 e. The first-order chi connectivity index (χ1) is 31.0. The number of carbonyl (C=O) groups is 3. The molecule has 0 aliphatic rings. The summed E-state index contributed by atoms with van der Waals surface area (Å²) >= 11 is 0. The summed E-state index contributed by atoms with van der Waals surface area (Å²) in [6.07, 6.45) is 67.2. The number of unbranched alkanes of at least 4 members (excludes halogenated alkanes) is 20. The van der Waals surface area contributed by atoms with Gasteiger partial charge in [-0.25, -0.2) is 0 Å². The van der Waals surface area contributed by atoms with Crippen molar-refractivity contribution < 1.29 is 28.6 Å². The summed E-state index contributed by atoms with van der Waals surface area (Å²) in [7, 11) is 0. The molecule has 0 bridgehead atoms. The maximum absolute atomic E-state index is 12.7. The second-order valence-electron chi connectivity index (χ2n) is 16.7. The molecular weight excluding hydrogens is 781 g/mol. The van der Waals surface area contributed by atoms with E-state index in [1.807, 2.05) is 6.08 Å². The molecule has 0 saturated carbocycles. The van der Waals surface area contributed by atoms with E-state index in [0.717, 1.165) is 57.8 Å². The molecule has 0 aromatic heterocycles. The van der Waals surface area contributed by atoms with Crippen molar-refractivity contribution in [3.8, 4) is 0 Å². The van der Waals surface area contributed by atoms with E-state index in [-0.39, 0.29) is 38.0 Å². The third-order valence-electron chi connectivity index (χ3n) is 10.6. The standard InChI is InChI=1S/C57H94O6/c1-4-7-10-13-16-19-21-23-25-27-28-30-31-33-35-38-41-44-47-50-56(59)62-53-54(52-61-55(58)49-46-43-40-37-18-15-12-9-6-3)63-57(60)51-48-45-42-39-36-34-32-29-26-24-22-20-17-14-11-8-5-2/h9,12,16,18-19,21,23-24,26,32,34,37,39,42-43,46,54H,4-8,10-11,13-15,17,20,22,25,27-31,33,35-36,38,40-41,44-45,47-53H2,1-3H3/b12-9-,19-16-,23-21-,26-24-,34-32-,37-18-,42-39-,46-43-. The predicted octanol–water partition coefficient (Wildman–Crippen LogP) is 17.0. The van der Waals surface area contributed by atoms with Crippen molar-refractivity contribution in [3.05, 3.63) is 97.2 Å². The van der Waals surface area contributed by atoms with E-state index in [9.17, 15) is 14.4 Å². The molecule has 0 aliphatic carbocycles. The average Bonchev–Trinajstić information content (AvgIpc) is 3.28. The molecule has 0 rings (SSSR count). The summed E-state index contributed by atoms with van der Waals surface area (Å²) < 4.78 is 16.6. The highest BCUT2D eigenvalue weighted by Crippen LogP contribution is 2.14. The van der Waals surface area contributed by atoms with E-state index in [0.29, 0.717) is 12.8 Å². The molecule has 1 atom stereocenters. The lowest BCUT2D eigenvalue weighted by Gasteiger charge is -2.18. The Hall–Kier alpha value is -3.67. The Bertz CT molecular complexity index is 1280. The maximum atomic E-state index is 12.7. The van der Waals surface area contributed by atoms with Gasteiger partial charge in [-0.1, -0.05) is 214 Å². The molecule has 6 nitrogen and oxygen atoms in total. The normalized spacial score (nSPS) is 12.9. The number of carbonyl (C=O) groups excluding carboxylic acids is 3. The SMILES string of the molecule is CC/C=C\C/C=C\C/C=C\CC(=O)OCC(COC(=O)CCCCCCCCCCCC/C=C\C=C/CCCCC)OC(=O)CCC/C=C\C/C=C\C/C=C\CCCCCCCC. The summed E-state index contributed by atoms with van der Waals surface area (Å²) in [6, 6.07) is 0. The van der Waals surface area contributed by atoms with Crippen molar-refractivity contribution in [2.75, 3.05) is 13.2 Å². The molecule has 63 heavy (non-hydrogen) atoms. The van der Waals surface area contributed by atoms with Gasteiger partial charge in [-0.15, -0.1) is 0 Å². The van der Waals surface area contributed by atoms with Crippen molar-refractivity contribution in [3.63, 3.8) is 0 Å². The van der Waals surface area contributed by atoms with Crippen LogP contribution in [0.25, 0.3) is 0 Å². The molecule has 0 aromatic rings. The Morgan fingerprint density at radius 1 is 0.365 bits per heavy atom. The lowest BCUT2D eigenvalue weighted by atomic mass is 10.1. The van der Waals surface area contributed by atoms with Gasteiger partial charge in [0.2, 0.25) is 0 Å². The minimum absolute atomic E-state index is 0.122. The van der Waals surface area contributed by atoms with Crippen LogP contribution in [0.2, 0.25) is 0 Å². The van der Waals surface area contributed by atoms with Crippen LogP contribution in [-0.4, -0.2) is 37.2 Å². The quantitative estimate of drug-likeness (QED) is 0.0199. The largest absolute Gasteiger partial charge is 0.462 e. The van der Waals surface area contributed by atoms with Crippen LogP contribution in [0.5, 0.6) is 0 Å². The smallest absolute Gasteiger partial charge is 0.309 e. The van der Waals surface area contributed by atoms with E-state index in [1.54, 1.807) is 6.08 Å². The second-order valence-corrected chi connectivity index (χ2v) is 16.7. The fourth-order valence-corrected chi connectivity index (χ4v) is 6.74. The number of esters is 3. The van der Waals surface area contributed by atoms with E-state index in [1.165, 1.54) is 122 Å². The second kappa shape index (κ2) is 51.0. The van der Waals surface area contributed by atoms with E-state index in [4.69, 9.17) is 14.2 Å². The number of ether oxygens (including phenoxy) is 3. The summed E-state index contributed by atoms with van der Waals surface area (Å²) in [5.74, 6) is -1.12. The first-order valence-electron chi connectivity index (χ1n) is 25.8. The molecule has 0 aromatic carbocycles. The molecule has 358 valence electrons. The van der Waals surface area contributed by atoms with Crippen molar-refractivity contribution in [1.29, 1.82) is 0 Å². The monoisotopic (exact) mass is 875 g/mol. The Morgan fingerprint density at radius 3 is 1.29 bits per heavy atom. The molecule has 0 N–H and O–H groups in total. The molecule has 0 spiro atoms. The number of hydrogen-bond acceptors (Lipinski definition) is 6. The molecule has 0 radical (unpaired) electrons. The zero-order valence-electron chi connectivity index (χ0n) is 40.8. The van der Waals surface area contributed by atoms with Gasteiger partial charge in [0.15, 0.2) is 6.10 Å². The Balaban J connectivity index is 4.44. The zero-order chi connectivity index (χ0) is 45.8. The molecule has 0 saturated heterocycles. The highest BCUT2D eigenvalue weighted by Gasteiger charge is 2.19. The highest BCUT2D eigenvalue weighted by molar-refractivity contribution is 5.72. The van der Waals surface area contributed by atoms with Crippen LogP contribution < -0.4 is 0 Å². The van der Waals surface area contributed by atoms with Gasteiger partial charge in [-0.2, -0.15) is 0 Å². The van der Waals surface area contributed by atoms with Crippen molar-refractivity contribution in [2.24, 2.45) is 0 Å². The maximum Gasteiger partial charge on any atom is 0.309 e. The van der Waals surface area contributed by atoms with Crippen LogP contribution in [-0.2, 0) is 28.6 Å². The Labute approximate surface area is 387 Å². The molecule has 0 heterocycles. The third kappa shape index (κ3) is 49.2. The van der Waals surface area contributed by atoms with Crippen molar-refractivity contribution >= 4 is 17.9 Å². The predicted molar refractivity (Wildman–Crippen MR) is 270 cm³/mol. The molecule has 0 amide bonds. The van der Waals surface area contributed by atoms with Gasteiger partial charge in [-0.05, 0) is 89.9 Å². The number of rotatable bonds is 45. The molecule has 1 unspecified atom stereocenters. The fourth-order valence-electron chi connectivity index (χ4n) is 6.74. The van der Waals surface area contributed by atoms with Gasteiger partial charge in [0.1, 0.15) is 13.2 Å². The van der Waals surface area contributed by atoms with Crippen LogP contribution in [0.4, 0.5) is 0 Å². The lowest BCUT2D eigenvalue weighted by molar-refractivity contribution is -0.166. The molecular formula is C57H94O6. The van der Waals surface area contributed by atoms with Crippen LogP contribution in [0.1, 0.15) is 226 Å². The molecule has 6 heteroatoms. The summed E-state index contributed by atoms with van der Waals surface area (Å²) in [4.78, 5) is 37.8. The van der Waals surface area contributed by atoms with Crippen LogP contribution >= 0.6 is 0 Å². The Morgan fingerprint density at radius 2 is 0.746 bits per heavy atom. The highest BCUT2D eigenvalue weighted by atomic mass is 16.6. The van der Waals surface area contributed by atoms with E-state index in [2.05, 4.69) is 106 Å². The van der Waals surface area contributed by atoms with E-state index >= 15 is 0 Å². The van der Waals surface area contributed by atoms with Gasteiger partial charge < -0.3 is 14.2 Å². The average molecular weight is 875 g/mol. The van der Waals surface area contributed by atoms with Gasteiger partial charge in [0.05, 0.1) is 6.42 Å². The van der Waals surface area contributed by atoms with Crippen LogP contribution in [0.3, 0.4) is 0 Å². The van der Waals surface area contributed by atoms with Crippen LogP contribution in [0, 0.1) is 0 Å². The van der Waals surface area contributed by atoms with Crippen molar-refractivity contribution in [2.45, 2.75) is 232 Å². The number of allylic oxidation sites excluding steroid dienone is 15. The summed E-state index contributed by atoms with van der Waals surface area (Å²) in [6.45, 7) is 6.33. The van der Waals surface area contributed by atoms with Gasteiger partial charge >= 0.3 is 17.9 Å². The van der Waals surface area contributed by atoms with Crippen LogP contribution in [0.15, 0.2) is 97.2 Å². The first-order valence-corrected chi connectivity index (χ1v) is 25.8. The lowest BCUT2D eigenvalue weighted by Crippen LogP contribution is -2.30. The van der Waals surface area contributed by atoms with Gasteiger partial charge in [-0.3, -0.25) is 14.4 Å². The fraction of sp³-hybridized carbons (Fsp3) is 0.667. The van der Waals surface area contributed by atoms with Gasteiger partial charge in [0, 0.05) is 12.8 Å². The van der Waals surface area contributed by atoms with Gasteiger partial charge in [0.25, 0.3) is 0 Å². The summed E-state index contributed by atoms with van der Waals surface area (Å²) in [5.41, 5.74) is 0. The van der Waals surface area contributed by atoms with E-state index < -0.39 is 12.1 Å². The van der Waals surface area contributed by atoms with Crippen molar-refractivity contribution in [1.82, 2.24) is 0 Å². The topological polar surface area (TPSA) is 78.9 Å². The first kappa shape index (κ1) is 59.3. The Kier molecular flexibility index (Phi) is 48.0. The molecule has 0 fully saturated rings. The third-order valence-corrected chi connectivity index (χ3v) is 10.6. The minimum atomic E-state index is -0.840. The molecule has 0 aliphatic heterocycles. The summed E-state index contributed by atoms with van der Waals surface area (Å²) in [5, 5.41) is 0.